The summed E-state index contributed by atoms with van der Waals surface area (Å²) in [4.78, 5) is 41.5. The van der Waals surface area contributed by atoms with E-state index in [4.69, 9.17) is 4.74 Å². The van der Waals surface area contributed by atoms with Crippen LogP contribution in [0, 0.1) is 20.8 Å². The lowest BCUT2D eigenvalue weighted by atomic mass is 10.1. The number of hydrogen-bond donors (Lipinski definition) is 1. The molecule has 0 saturated carbocycles. The zero-order valence-electron chi connectivity index (χ0n) is 15.9. The van der Waals surface area contributed by atoms with Gasteiger partial charge < -0.3 is 10.1 Å². The van der Waals surface area contributed by atoms with Crippen molar-refractivity contribution in [2.75, 3.05) is 13.1 Å². The highest BCUT2D eigenvalue weighted by Crippen LogP contribution is 2.17. The van der Waals surface area contributed by atoms with E-state index in [-0.39, 0.29) is 13.0 Å². The van der Waals surface area contributed by atoms with E-state index >= 15 is 0 Å². The summed E-state index contributed by atoms with van der Waals surface area (Å²) in [6.07, 6.45) is -0.458. The Labute approximate surface area is 156 Å². The lowest BCUT2D eigenvalue weighted by Crippen LogP contribution is -2.41. The van der Waals surface area contributed by atoms with E-state index in [1.165, 1.54) is 6.92 Å². The predicted octanol–water partition coefficient (Wildman–Crippen LogP) is 1.07. The number of rotatable bonds is 5. The number of aromatic nitrogens is 3. The molecule has 0 bridgehead atoms. The minimum Gasteiger partial charge on any atom is -0.453 e. The van der Waals surface area contributed by atoms with E-state index in [9.17, 15) is 14.4 Å². The Morgan fingerprint density at radius 2 is 2.07 bits per heavy atom. The molecule has 9 nitrogen and oxygen atoms in total. The Bertz CT molecular complexity index is 920. The molecule has 27 heavy (non-hydrogen) atoms. The summed E-state index contributed by atoms with van der Waals surface area (Å²) in [6.45, 7) is 7.90. The molecule has 0 aliphatic carbocycles. The molecule has 9 heteroatoms. The van der Waals surface area contributed by atoms with E-state index in [1.54, 1.807) is 4.52 Å². The molecule has 3 rings (SSSR count). The Balaban J connectivity index is 1.63. The van der Waals surface area contributed by atoms with Gasteiger partial charge in [0.2, 0.25) is 0 Å². The van der Waals surface area contributed by atoms with Crippen molar-refractivity contribution < 1.29 is 19.1 Å². The second-order valence-electron chi connectivity index (χ2n) is 6.67. The SMILES string of the molecule is Cc1cc2nc(C)c(CCC(=O)O[C@@H](C)C(=O)N3CCNC3=O)c(C)n2n1. The minimum absolute atomic E-state index is 0.110. The number of esters is 1. The molecule has 1 aliphatic heterocycles. The van der Waals surface area contributed by atoms with Crippen LogP contribution in [0.3, 0.4) is 0 Å². The highest BCUT2D eigenvalue weighted by molar-refractivity contribution is 5.98. The molecule has 1 N–H and O–H groups in total. The van der Waals surface area contributed by atoms with Crippen molar-refractivity contribution in [3.05, 3.63) is 28.7 Å². The normalized spacial score (nSPS) is 15.1. The van der Waals surface area contributed by atoms with Crippen LogP contribution in [0.1, 0.15) is 36.0 Å². The summed E-state index contributed by atoms with van der Waals surface area (Å²) < 4.78 is 6.98. The summed E-state index contributed by atoms with van der Waals surface area (Å²) in [6, 6.07) is 1.45. The van der Waals surface area contributed by atoms with Gasteiger partial charge in [-0.05, 0) is 39.7 Å². The van der Waals surface area contributed by atoms with Crippen LogP contribution in [0.15, 0.2) is 6.07 Å². The first-order valence-electron chi connectivity index (χ1n) is 8.89. The fourth-order valence-electron chi connectivity index (χ4n) is 3.24. The second-order valence-corrected chi connectivity index (χ2v) is 6.67. The van der Waals surface area contributed by atoms with Gasteiger partial charge in [-0.3, -0.25) is 14.5 Å². The third-order valence-corrected chi connectivity index (χ3v) is 4.64. The number of nitrogens with one attached hydrogen (secondary N) is 1. The Hall–Kier alpha value is -2.97. The average Bonchev–Trinajstić information content (AvgIpc) is 3.19. The first-order valence-corrected chi connectivity index (χ1v) is 8.89. The summed E-state index contributed by atoms with van der Waals surface area (Å²) in [5, 5.41) is 6.96. The van der Waals surface area contributed by atoms with Crippen LogP contribution in [0.2, 0.25) is 0 Å². The summed E-state index contributed by atoms with van der Waals surface area (Å²) >= 11 is 0. The number of imide groups is 1. The molecule has 0 unspecified atom stereocenters. The monoisotopic (exact) mass is 373 g/mol. The molecule has 144 valence electrons. The molecule has 1 atom stereocenters. The molecule has 1 saturated heterocycles. The predicted molar refractivity (Wildman–Crippen MR) is 96.2 cm³/mol. The van der Waals surface area contributed by atoms with Gasteiger partial charge in [-0.1, -0.05) is 0 Å². The van der Waals surface area contributed by atoms with Crippen LogP contribution in [0.25, 0.3) is 5.65 Å². The van der Waals surface area contributed by atoms with Gasteiger partial charge in [0.1, 0.15) is 0 Å². The van der Waals surface area contributed by atoms with Crippen molar-refractivity contribution in [2.45, 2.75) is 46.6 Å². The number of amides is 3. The first-order chi connectivity index (χ1) is 12.8. The van der Waals surface area contributed by atoms with E-state index < -0.39 is 24.0 Å². The highest BCUT2D eigenvalue weighted by atomic mass is 16.5. The maximum absolute atomic E-state index is 12.2. The summed E-state index contributed by atoms with van der Waals surface area (Å²) in [5.41, 5.74) is 4.35. The third-order valence-electron chi connectivity index (χ3n) is 4.64. The zero-order valence-corrected chi connectivity index (χ0v) is 15.9. The van der Waals surface area contributed by atoms with Gasteiger partial charge in [-0.25, -0.2) is 14.3 Å². The van der Waals surface area contributed by atoms with E-state index in [2.05, 4.69) is 15.4 Å². The molecule has 1 fully saturated rings. The van der Waals surface area contributed by atoms with Crippen molar-refractivity contribution >= 4 is 23.6 Å². The average molecular weight is 373 g/mol. The minimum atomic E-state index is -1.00. The summed E-state index contributed by atoms with van der Waals surface area (Å²) in [5.74, 6) is -1.01. The van der Waals surface area contributed by atoms with E-state index in [1.807, 2.05) is 26.8 Å². The fraction of sp³-hybridized carbons (Fsp3) is 0.500. The van der Waals surface area contributed by atoms with Crippen molar-refractivity contribution in [1.82, 2.24) is 24.8 Å². The van der Waals surface area contributed by atoms with Crippen LogP contribution in [0.4, 0.5) is 4.79 Å². The zero-order chi connectivity index (χ0) is 19.7. The first kappa shape index (κ1) is 18.8. The Morgan fingerprint density at radius 3 is 2.74 bits per heavy atom. The quantitative estimate of drug-likeness (QED) is 0.786. The molecular formula is C18H23N5O4. The van der Waals surface area contributed by atoms with E-state index in [0.29, 0.717) is 13.0 Å². The number of urea groups is 1. The van der Waals surface area contributed by atoms with Crippen molar-refractivity contribution in [3.8, 4) is 0 Å². The fourth-order valence-corrected chi connectivity index (χ4v) is 3.24. The van der Waals surface area contributed by atoms with E-state index in [0.717, 1.165) is 33.2 Å². The molecular weight excluding hydrogens is 350 g/mol. The smallest absolute Gasteiger partial charge is 0.324 e. The third kappa shape index (κ3) is 3.76. The van der Waals surface area contributed by atoms with Crippen LogP contribution in [-0.2, 0) is 20.7 Å². The van der Waals surface area contributed by atoms with Gasteiger partial charge >= 0.3 is 12.0 Å². The van der Waals surface area contributed by atoms with Crippen LogP contribution >= 0.6 is 0 Å². The molecule has 2 aromatic rings. The molecule has 0 aromatic carbocycles. The van der Waals surface area contributed by atoms with Crippen LogP contribution < -0.4 is 5.32 Å². The topological polar surface area (TPSA) is 106 Å². The Morgan fingerprint density at radius 1 is 1.33 bits per heavy atom. The largest absolute Gasteiger partial charge is 0.453 e. The van der Waals surface area contributed by atoms with Gasteiger partial charge in [0.05, 0.1) is 5.69 Å². The van der Waals surface area contributed by atoms with Gasteiger partial charge in [0.25, 0.3) is 5.91 Å². The molecule has 2 aromatic heterocycles. The molecule has 3 amide bonds. The lowest BCUT2D eigenvalue weighted by Gasteiger charge is -2.18. The van der Waals surface area contributed by atoms with Gasteiger partial charge in [0.15, 0.2) is 11.8 Å². The number of carbonyl (C=O) groups is 3. The molecule has 0 spiro atoms. The second kappa shape index (κ2) is 7.34. The molecule has 1 aliphatic rings. The number of carbonyl (C=O) groups excluding carboxylic acids is 3. The number of hydrogen-bond acceptors (Lipinski definition) is 6. The maximum atomic E-state index is 12.2. The van der Waals surface area contributed by atoms with Crippen LogP contribution in [0.5, 0.6) is 0 Å². The molecule has 0 radical (unpaired) electrons. The standard InChI is InChI=1S/C18H23N5O4/c1-10-9-15-20-11(2)14(12(3)23(15)21-10)5-6-16(24)27-13(4)17(25)22-8-7-19-18(22)26/h9,13H,5-8H2,1-4H3,(H,19,26)/t13-/m0/s1. The number of fused-ring (bicyclic) bond motifs is 1. The Kier molecular flexibility index (Phi) is 5.11. The summed E-state index contributed by atoms with van der Waals surface area (Å²) in [7, 11) is 0. The number of ether oxygens (including phenoxy) is 1. The van der Waals surface area contributed by atoms with Crippen molar-refractivity contribution in [1.29, 1.82) is 0 Å². The lowest BCUT2D eigenvalue weighted by molar-refractivity contribution is -0.157. The number of nitrogens with zero attached hydrogens (tertiary/aromatic N) is 4. The maximum Gasteiger partial charge on any atom is 0.324 e. The van der Waals surface area contributed by atoms with Crippen LogP contribution in [-0.4, -0.2) is 56.6 Å². The van der Waals surface area contributed by atoms with Gasteiger partial charge in [-0.2, -0.15) is 5.10 Å². The van der Waals surface area contributed by atoms with Gasteiger partial charge in [0, 0.05) is 37.0 Å². The highest BCUT2D eigenvalue weighted by Gasteiger charge is 2.31. The number of aryl methyl sites for hydroxylation is 3. The van der Waals surface area contributed by atoms with Gasteiger partial charge in [-0.15, -0.1) is 0 Å². The van der Waals surface area contributed by atoms with Crippen molar-refractivity contribution in [2.24, 2.45) is 0 Å². The van der Waals surface area contributed by atoms with Crippen molar-refractivity contribution in [3.63, 3.8) is 0 Å². The molecule has 3 heterocycles.